The van der Waals surface area contributed by atoms with Gasteiger partial charge in [-0.05, 0) is 31.9 Å². The van der Waals surface area contributed by atoms with E-state index in [-0.39, 0.29) is 11.9 Å². The molecule has 6 nitrogen and oxygen atoms in total. The molecule has 0 radical (unpaired) electrons. The van der Waals surface area contributed by atoms with Crippen LogP contribution in [0.1, 0.15) is 26.2 Å². The van der Waals surface area contributed by atoms with E-state index in [1.165, 1.54) is 5.69 Å². The van der Waals surface area contributed by atoms with Gasteiger partial charge in [-0.15, -0.1) is 0 Å². The number of piperazine rings is 1. The first-order valence-corrected chi connectivity index (χ1v) is 9.61. The van der Waals surface area contributed by atoms with Gasteiger partial charge < -0.3 is 14.9 Å². The summed E-state index contributed by atoms with van der Waals surface area (Å²) in [6.45, 7) is 7.16. The zero-order valence-corrected chi connectivity index (χ0v) is 15.5. The number of carboxylic acids is 1. The van der Waals surface area contributed by atoms with Crippen molar-refractivity contribution in [2.24, 2.45) is 5.92 Å². The number of nitrogens with zero attached hydrogens (tertiary/aromatic N) is 3. The van der Waals surface area contributed by atoms with Crippen LogP contribution in [0.3, 0.4) is 0 Å². The minimum Gasteiger partial charge on any atom is -0.481 e. The average Bonchev–Trinajstić information content (AvgIpc) is 2.67. The molecule has 2 aliphatic heterocycles. The number of piperidine rings is 1. The topological polar surface area (TPSA) is 64.1 Å². The second-order valence-electron chi connectivity index (χ2n) is 7.33. The molecule has 1 aromatic carbocycles. The normalized spacial score (nSPS) is 24.5. The number of amides is 1. The fourth-order valence-corrected chi connectivity index (χ4v) is 4.09. The minimum absolute atomic E-state index is 0.0916. The Kier molecular flexibility index (Phi) is 6.14. The highest BCUT2D eigenvalue weighted by atomic mass is 16.4. The van der Waals surface area contributed by atoms with Crippen molar-refractivity contribution in [3.8, 4) is 0 Å². The van der Waals surface area contributed by atoms with Gasteiger partial charge in [0.15, 0.2) is 0 Å². The van der Waals surface area contributed by atoms with Gasteiger partial charge >= 0.3 is 5.97 Å². The molecule has 142 valence electrons. The maximum absolute atomic E-state index is 12.6. The predicted molar refractivity (Wildman–Crippen MR) is 101 cm³/mol. The summed E-state index contributed by atoms with van der Waals surface area (Å²) in [5.74, 6) is -1.12. The van der Waals surface area contributed by atoms with E-state index in [1.54, 1.807) is 4.90 Å². The first-order valence-electron chi connectivity index (χ1n) is 9.61. The molecule has 0 bridgehead atoms. The largest absolute Gasteiger partial charge is 0.481 e. The maximum atomic E-state index is 12.6. The minimum atomic E-state index is -0.785. The molecule has 0 unspecified atom stereocenters. The van der Waals surface area contributed by atoms with Gasteiger partial charge in [0.2, 0.25) is 5.91 Å². The van der Waals surface area contributed by atoms with Gasteiger partial charge in [-0.25, -0.2) is 0 Å². The molecule has 0 saturated carbocycles. The lowest BCUT2D eigenvalue weighted by atomic mass is 9.90. The number of aliphatic carboxylic acids is 1. The Balaban J connectivity index is 1.45. The molecule has 6 heteroatoms. The molecule has 1 N–H and O–H groups in total. The van der Waals surface area contributed by atoms with Gasteiger partial charge in [0.25, 0.3) is 0 Å². The highest BCUT2D eigenvalue weighted by Gasteiger charge is 2.35. The number of carboxylic acid groups (broad SMARTS) is 1. The third-order valence-electron chi connectivity index (χ3n) is 5.76. The van der Waals surface area contributed by atoms with E-state index in [0.29, 0.717) is 19.4 Å². The summed E-state index contributed by atoms with van der Waals surface area (Å²) in [5, 5.41) is 9.31. The lowest BCUT2D eigenvalue weighted by Crippen LogP contribution is -2.51. The molecule has 26 heavy (non-hydrogen) atoms. The smallest absolute Gasteiger partial charge is 0.308 e. The second-order valence-corrected chi connectivity index (χ2v) is 7.33. The Morgan fingerprint density at radius 2 is 1.77 bits per heavy atom. The highest BCUT2D eigenvalue weighted by Crippen LogP contribution is 2.24. The summed E-state index contributed by atoms with van der Waals surface area (Å²) in [7, 11) is 0. The van der Waals surface area contributed by atoms with Crippen LogP contribution in [-0.4, -0.2) is 72.1 Å². The fourth-order valence-electron chi connectivity index (χ4n) is 4.09. The van der Waals surface area contributed by atoms with Crippen LogP contribution in [-0.2, 0) is 9.59 Å². The van der Waals surface area contributed by atoms with Crippen LogP contribution >= 0.6 is 0 Å². The van der Waals surface area contributed by atoms with Crippen molar-refractivity contribution >= 4 is 17.6 Å². The van der Waals surface area contributed by atoms with Crippen molar-refractivity contribution in [1.29, 1.82) is 0 Å². The van der Waals surface area contributed by atoms with Gasteiger partial charge in [0.05, 0.1) is 5.92 Å². The van der Waals surface area contributed by atoms with Gasteiger partial charge in [0, 0.05) is 57.4 Å². The van der Waals surface area contributed by atoms with Crippen LogP contribution in [0.15, 0.2) is 30.3 Å². The molecule has 2 saturated heterocycles. The third-order valence-corrected chi connectivity index (χ3v) is 5.76. The summed E-state index contributed by atoms with van der Waals surface area (Å²) in [6, 6.07) is 10.2. The van der Waals surface area contributed by atoms with Crippen LogP contribution < -0.4 is 4.90 Å². The number of carbonyl (C=O) groups excluding carboxylic acids is 1. The predicted octanol–water partition coefficient (Wildman–Crippen LogP) is 1.91. The van der Waals surface area contributed by atoms with Crippen molar-refractivity contribution in [1.82, 2.24) is 9.80 Å². The number of anilines is 1. The maximum Gasteiger partial charge on any atom is 0.308 e. The molecule has 0 aliphatic carbocycles. The molecule has 1 amide bonds. The molecular weight excluding hydrogens is 330 g/mol. The number of likely N-dealkylation sites (tertiary alicyclic amines) is 1. The van der Waals surface area contributed by atoms with Gasteiger partial charge in [0.1, 0.15) is 0 Å². The molecule has 2 aliphatic rings. The lowest BCUT2D eigenvalue weighted by molar-refractivity contribution is -0.149. The van der Waals surface area contributed by atoms with Crippen LogP contribution in [0.25, 0.3) is 0 Å². The van der Waals surface area contributed by atoms with Crippen LogP contribution in [0.2, 0.25) is 0 Å². The second kappa shape index (κ2) is 8.54. The van der Waals surface area contributed by atoms with Gasteiger partial charge in [-0.3, -0.25) is 14.5 Å². The molecular formula is C20H29N3O3. The Morgan fingerprint density at radius 1 is 1.08 bits per heavy atom. The molecule has 0 spiro atoms. The van der Waals surface area contributed by atoms with E-state index in [0.717, 1.165) is 39.1 Å². The number of rotatable bonds is 5. The average molecular weight is 359 g/mol. The third kappa shape index (κ3) is 4.36. The summed E-state index contributed by atoms with van der Waals surface area (Å²) < 4.78 is 0. The number of hydrogen-bond acceptors (Lipinski definition) is 4. The van der Waals surface area contributed by atoms with E-state index < -0.39 is 11.9 Å². The summed E-state index contributed by atoms with van der Waals surface area (Å²) in [4.78, 5) is 30.4. The van der Waals surface area contributed by atoms with E-state index in [1.807, 2.05) is 13.0 Å². The molecule has 2 fully saturated rings. The summed E-state index contributed by atoms with van der Waals surface area (Å²) in [6.07, 6.45) is 1.92. The van der Waals surface area contributed by atoms with Crippen molar-refractivity contribution < 1.29 is 14.7 Å². The lowest BCUT2D eigenvalue weighted by Gasteiger charge is -2.39. The van der Waals surface area contributed by atoms with E-state index in [9.17, 15) is 14.7 Å². The summed E-state index contributed by atoms with van der Waals surface area (Å²) in [5.41, 5.74) is 1.25. The monoisotopic (exact) mass is 359 g/mol. The quantitative estimate of drug-likeness (QED) is 0.870. The van der Waals surface area contributed by atoms with E-state index >= 15 is 0 Å². The number of benzene rings is 1. The fraction of sp³-hybridized carbons (Fsp3) is 0.600. The molecule has 0 aromatic heterocycles. The van der Waals surface area contributed by atoms with Crippen molar-refractivity contribution in [2.75, 3.05) is 44.2 Å². The Labute approximate surface area is 155 Å². The molecule has 2 atom stereocenters. The summed E-state index contributed by atoms with van der Waals surface area (Å²) >= 11 is 0. The van der Waals surface area contributed by atoms with E-state index in [2.05, 4.69) is 34.1 Å². The number of hydrogen-bond donors (Lipinski definition) is 1. The number of carbonyl (C=O) groups is 2. The van der Waals surface area contributed by atoms with Gasteiger partial charge in [-0.1, -0.05) is 18.2 Å². The first kappa shape index (κ1) is 18.7. The molecule has 3 rings (SSSR count). The van der Waals surface area contributed by atoms with Crippen LogP contribution in [0, 0.1) is 5.92 Å². The zero-order valence-electron chi connectivity index (χ0n) is 15.5. The Morgan fingerprint density at radius 3 is 2.42 bits per heavy atom. The Bertz CT molecular complexity index is 614. The first-order chi connectivity index (χ1) is 12.6. The molecule has 1 aromatic rings. The van der Waals surface area contributed by atoms with Crippen molar-refractivity contribution in [3.63, 3.8) is 0 Å². The highest BCUT2D eigenvalue weighted by molar-refractivity contribution is 5.78. The zero-order chi connectivity index (χ0) is 18.5. The van der Waals surface area contributed by atoms with Crippen molar-refractivity contribution in [3.05, 3.63) is 30.3 Å². The van der Waals surface area contributed by atoms with Crippen LogP contribution in [0.4, 0.5) is 5.69 Å². The van der Waals surface area contributed by atoms with Gasteiger partial charge in [-0.2, -0.15) is 0 Å². The number of para-hydroxylation sites is 1. The van der Waals surface area contributed by atoms with Crippen LogP contribution in [0.5, 0.6) is 0 Å². The SMILES string of the molecule is C[C@@H]1[C@H](C(=O)O)CCCN1C(=O)CCN1CCN(c2ccccc2)CC1. The standard InChI is InChI=1S/C20H29N3O3/c1-16-18(20(25)26)8-5-10-23(16)19(24)9-11-21-12-14-22(15-13-21)17-6-3-2-4-7-17/h2-4,6-7,16,18H,5,8-15H2,1H3,(H,25,26)/t16-,18-/m1/s1. The van der Waals surface area contributed by atoms with Crippen molar-refractivity contribution in [2.45, 2.75) is 32.2 Å². The Hall–Kier alpha value is -2.08. The molecule has 2 heterocycles. The van der Waals surface area contributed by atoms with E-state index in [4.69, 9.17) is 0 Å².